The third-order valence-electron chi connectivity index (χ3n) is 8.27. The fraction of sp³-hybridized carbons (Fsp3) is 0.571. The largest absolute Gasteiger partial charge is 0.393 e. The van der Waals surface area contributed by atoms with Crippen molar-refractivity contribution in [1.29, 1.82) is 5.26 Å². The number of nitrogens with one attached hydrogen (secondary N) is 1. The second-order valence-corrected chi connectivity index (χ2v) is 11.0. The quantitative estimate of drug-likeness (QED) is 0.508. The Morgan fingerprint density at radius 1 is 1.03 bits per heavy atom. The summed E-state index contributed by atoms with van der Waals surface area (Å²) in [7, 11) is 0. The predicted molar refractivity (Wildman–Crippen MR) is 140 cm³/mol. The van der Waals surface area contributed by atoms with Gasteiger partial charge < -0.3 is 10.4 Å². The molecule has 36 heavy (non-hydrogen) atoms. The molecule has 0 atom stereocenters. The van der Waals surface area contributed by atoms with Gasteiger partial charge in [-0.3, -0.25) is 14.3 Å². The van der Waals surface area contributed by atoms with Gasteiger partial charge in [0.05, 0.1) is 12.2 Å². The highest BCUT2D eigenvalue weighted by Crippen LogP contribution is 2.33. The molecule has 2 saturated carbocycles. The smallest absolute Gasteiger partial charge is 0.260 e. The average Bonchev–Trinajstić information content (AvgIpc) is 3.74. The Morgan fingerprint density at radius 2 is 1.81 bits per heavy atom. The fourth-order valence-electron chi connectivity index (χ4n) is 5.85. The molecule has 3 aliphatic rings. The van der Waals surface area contributed by atoms with Gasteiger partial charge in [0.25, 0.3) is 5.56 Å². The highest BCUT2D eigenvalue weighted by molar-refractivity contribution is 6.04. The zero-order valence-electron chi connectivity index (χ0n) is 20.7. The Balaban J connectivity index is 1.39. The number of pyridine rings is 1. The summed E-state index contributed by atoms with van der Waals surface area (Å²) < 4.78 is 1.88. The van der Waals surface area contributed by atoms with Crippen LogP contribution in [0.25, 0.3) is 21.8 Å². The van der Waals surface area contributed by atoms with E-state index >= 15 is 0 Å². The maximum atomic E-state index is 14.0. The molecule has 1 aliphatic heterocycles. The average molecular weight is 487 g/mol. The van der Waals surface area contributed by atoms with Crippen molar-refractivity contribution in [3.8, 4) is 6.07 Å². The number of aliphatic hydroxyl groups is 1. The van der Waals surface area contributed by atoms with Crippen molar-refractivity contribution < 1.29 is 5.11 Å². The standard InChI is InChI=1S/C28H34N6O2/c29-14-18-9-11-33(12-10-18)17-20-3-8-23-24(13-20)27(36)34(21-4-6-22(35)7-5-21)26-25(23)16-31-28(32-26)30-15-19-1-2-19/h3,8,13,16,18-19,21-22,35H,1-2,4-7,9-12,15,17H2,(H,30,31,32)/t21-,22-. The Kier molecular flexibility index (Phi) is 6.36. The minimum atomic E-state index is -0.286. The number of likely N-dealkylation sites (tertiary alicyclic amines) is 1. The number of hydrogen-bond acceptors (Lipinski definition) is 7. The lowest BCUT2D eigenvalue weighted by Crippen LogP contribution is -2.33. The van der Waals surface area contributed by atoms with E-state index in [9.17, 15) is 15.2 Å². The molecule has 0 unspecified atom stereocenters. The maximum absolute atomic E-state index is 14.0. The molecule has 2 aromatic heterocycles. The van der Waals surface area contributed by atoms with E-state index in [1.165, 1.54) is 12.8 Å². The SMILES string of the molecule is N#CC1CCN(Cc2ccc3c(c2)c(=O)n([C@H]2CC[C@H](O)CC2)c2nc(NCC4CC4)ncc32)CC1. The van der Waals surface area contributed by atoms with E-state index in [-0.39, 0.29) is 23.6 Å². The molecule has 0 radical (unpaired) electrons. The summed E-state index contributed by atoms with van der Waals surface area (Å²) in [6, 6.07) is 8.62. The van der Waals surface area contributed by atoms with Crippen LogP contribution < -0.4 is 10.9 Å². The molecule has 8 heteroatoms. The highest BCUT2D eigenvalue weighted by Gasteiger charge is 2.26. The van der Waals surface area contributed by atoms with Crippen molar-refractivity contribution in [2.45, 2.75) is 70.1 Å². The van der Waals surface area contributed by atoms with Gasteiger partial charge in [0.2, 0.25) is 5.95 Å². The van der Waals surface area contributed by atoms with Crippen LogP contribution in [-0.4, -0.2) is 50.3 Å². The Bertz CT molecular complexity index is 1360. The van der Waals surface area contributed by atoms with Crippen LogP contribution in [0.5, 0.6) is 0 Å². The van der Waals surface area contributed by atoms with Gasteiger partial charge in [-0.2, -0.15) is 10.2 Å². The number of rotatable bonds is 6. The summed E-state index contributed by atoms with van der Waals surface area (Å²) in [5.41, 5.74) is 1.80. The predicted octanol–water partition coefficient (Wildman–Crippen LogP) is 3.98. The van der Waals surface area contributed by atoms with E-state index in [4.69, 9.17) is 4.98 Å². The Hall–Kier alpha value is -3.02. The highest BCUT2D eigenvalue weighted by atomic mass is 16.3. The van der Waals surface area contributed by atoms with Crippen LogP contribution in [0.2, 0.25) is 0 Å². The normalized spacial score (nSPS) is 23.7. The molecule has 8 nitrogen and oxygen atoms in total. The van der Waals surface area contributed by atoms with E-state index in [1.807, 2.05) is 22.9 Å². The van der Waals surface area contributed by atoms with E-state index in [2.05, 4.69) is 27.3 Å². The van der Waals surface area contributed by atoms with Crippen LogP contribution >= 0.6 is 0 Å². The van der Waals surface area contributed by atoms with Crippen LogP contribution in [0.3, 0.4) is 0 Å². The first-order valence-electron chi connectivity index (χ1n) is 13.5. The molecular formula is C28H34N6O2. The van der Waals surface area contributed by atoms with Gasteiger partial charge in [0.1, 0.15) is 5.65 Å². The molecule has 3 aromatic rings. The summed E-state index contributed by atoms with van der Waals surface area (Å²) in [5.74, 6) is 1.44. The van der Waals surface area contributed by atoms with Crippen molar-refractivity contribution >= 4 is 27.8 Å². The molecule has 0 bridgehead atoms. The Labute approximate surface area is 211 Å². The van der Waals surface area contributed by atoms with Crippen LogP contribution in [0, 0.1) is 23.2 Å². The number of fused-ring (bicyclic) bond motifs is 3. The van der Waals surface area contributed by atoms with Gasteiger partial charge in [-0.15, -0.1) is 0 Å². The summed E-state index contributed by atoms with van der Waals surface area (Å²) in [5, 5.41) is 25.1. The number of aromatic nitrogens is 3. The molecular weight excluding hydrogens is 452 g/mol. The second kappa shape index (κ2) is 9.79. The van der Waals surface area contributed by atoms with Crippen molar-refractivity contribution in [3.05, 3.63) is 40.3 Å². The molecule has 2 aliphatic carbocycles. The molecule has 3 fully saturated rings. The molecule has 2 N–H and O–H groups in total. The van der Waals surface area contributed by atoms with Gasteiger partial charge in [0, 0.05) is 42.0 Å². The van der Waals surface area contributed by atoms with E-state index < -0.39 is 0 Å². The van der Waals surface area contributed by atoms with E-state index in [0.29, 0.717) is 35.7 Å². The lowest BCUT2D eigenvalue weighted by Gasteiger charge is -2.29. The number of hydrogen-bond donors (Lipinski definition) is 2. The first-order valence-corrected chi connectivity index (χ1v) is 13.5. The number of anilines is 1. The molecule has 188 valence electrons. The van der Waals surface area contributed by atoms with Gasteiger partial charge in [-0.25, -0.2) is 4.98 Å². The van der Waals surface area contributed by atoms with E-state index in [0.717, 1.165) is 68.2 Å². The zero-order chi connectivity index (χ0) is 24.6. The minimum absolute atomic E-state index is 0.00392. The maximum Gasteiger partial charge on any atom is 0.260 e. The fourth-order valence-corrected chi connectivity index (χ4v) is 5.85. The topological polar surface area (TPSA) is 107 Å². The molecule has 6 rings (SSSR count). The lowest BCUT2D eigenvalue weighted by molar-refractivity contribution is 0.111. The Morgan fingerprint density at radius 3 is 2.53 bits per heavy atom. The summed E-state index contributed by atoms with van der Waals surface area (Å²) in [6.45, 7) is 3.47. The molecule has 0 amide bonds. The van der Waals surface area contributed by atoms with Crippen LogP contribution in [0.1, 0.15) is 63.0 Å². The van der Waals surface area contributed by atoms with Crippen LogP contribution in [0.4, 0.5) is 5.95 Å². The van der Waals surface area contributed by atoms with E-state index in [1.54, 1.807) is 0 Å². The van der Waals surface area contributed by atoms with Crippen molar-refractivity contribution in [3.63, 3.8) is 0 Å². The second-order valence-electron chi connectivity index (χ2n) is 11.0. The number of piperidine rings is 1. The lowest BCUT2D eigenvalue weighted by atomic mass is 9.92. The van der Waals surface area contributed by atoms with Gasteiger partial charge in [0.15, 0.2) is 0 Å². The minimum Gasteiger partial charge on any atom is -0.393 e. The van der Waals surface area contributed by atoms with Gasteiger partial charge >= 0.3 is 0 Å². The molecule has 0 spiro atoms. The monoisotopic (exact) mass is 486 g/mol. The van der Waals surface area contributed by atoms with Gasteiger partial charge in [-0.05, 0) is 87.4 Å². The van der Waals surface area contributed by atoms with Crippen molar-refractivity contribution in [2.75, 3.05) is 25.0 Å². The summed E-state index contributed by atoms with van der Waals surface area (Å²) >= 11 is 0. The summed E-state index contributed by atoms with van der Waals surface area (Å²) in [4.78, 5) is 25.8. The van der Waals surface area contributed by atoms with Crippen LogP contribution in [-0.2, 0) is 6.54 Å². The van der Waals surface area contributed by atoms with Crippen LogP contribution in [0.15, 0.2) is 29.2 Å². The van der Waals surface area contributed by atoms with Crippen molar-refractivity contribution in [2.24, 2.45) is 11.8 Å². The molecule has 3 heterocycles. The van der Waals surface area contributed by atoms with Crippen molar-refractivity contribution in [1.82, 2.24) is 19.4 Å². The first kappa shape index (κ1) is 23.4. The summed E-state index contributed by atoms with van der Waals surface area (Å²) in [6.07, 6.45) is 8.82. The zero-order valence-corrected chi connectivity index (χ0v) is 20.7. The third kappa shape index (κ3) is 4.70. The molecule has 1 saturated heterocycles. The number of nitriles is 1. The molecule has 1 aromatic carbocycles. The first-order chi connectivity index (χ1) is 17.6. The van der Waals surface area contributed by atoms with Gasteiger partial charge in [-0.1, -0.05) is 12.1 Å². The number of aliphatic hydroxyl groups excluding tert-OH is 1. The third-order valence-corrected chi connectivity index (χ3v) is 8.27. The number of nitrogens with zero attached hydrogens (tertiary/aromatic N) is 5. The number of benzene rings is 1.